The average Bonchev–Trinajstić information content (AvgIpc) is 2.77. The molecule has 0 bridgehead atoms. The Kier molecular flexibility index (Phi) is 1.53. The Hall–Kier alpha value is -2.49. The Morgan fingerprint density at radius 2 is 1.88 bits per heavy atom. The molecule has 4 aromatic rings. The number of hydrogen-bond acceptors (Lipinski definition) is 3. The fraction of sp³-hybridized carbons (Fsp3) is 0. The van der Waals surface area contributed by atoms with Gasteiger partial charge in [0.1, 0.15) is 5.52 Å². The van der Waals surface area contributed by atoms with Crippen molar-refractivity contribution in [2.45, 2.75) is 0 Å². The third-order valence-electron chi connectivity index (χ3n) is 2.92. The molecule has 0 saturated heterocycles. The van der Waals surface area contributed by atoms with Crippen LogP contribution in [0.1, 0.15) is 0 Å². The number of benzene rings is 1. The number of fused-ring (bicyclic) bond motifs is 5. The Labute approximate surface area is 96.6 Å². The highest BCUT2D eigenvalue weighted by molar-refractivity contribution is 6.03. The first-order valence-electron chi connectivity index (χ1n) is 5.40. The highest BCUT2D eigenvalue weighted by Gasteiger charge is 2.08. The van der Waals surface area contributed by atoms with E-state index in [1.54, 1.807) is 12.4 Å². The van der Waals surface area contributed by atoms with Gasteiger partial charge < -0.3 is 0 Å². The van der Waals surface area contributed by atoms with E-state index in [1.807, 2.05) is 34.9 Å². The summed E-state index contributed by atoms with van der Waals surface area (Å²) >= 11 is 0. The van der Waals surface area contributed by atoms with Crippen molar-refractivity contribution in [3.8, 4) is 0 Å². The summed E-state index contributed by atoms with van der Waals surface area (Å²) in [6.07, 6.45) is 5.52. The molecule has 0 spiro atoms. The first kappa shape index (κ1) is 8.64. The van der Waals surface area contributed by atoms with E-state index in [-0.39, 0.29) is 0 Å². The maximum absolute atomic E-state index is 4.45. The summed E-state index contributed by atoms with van der Waals surface area (Å²) in [6.45, 7) is 0. The first-order chi connectivity index (χ1) is 8.43. The molecule has 0 unspecified atom stereocenters. The second kappa shape index (κ2) is 3.01. The van der Waals surface area contributed by atoms with Gasteiger partial charge in [0.15, 0.2) is 0 Å². The minimum absolute atomic E-state index is 0.709. The van der Waals surface area contributed by atoms with Gasteiger partial charge in [-0.1, -0.05) is 18.2 Å². The van der Waals surface area contributed by atoms with Crippen LogP contribution in [0.15, 0.2) is 48.9 Å². The molecular formula is C13H8N4. The Balaban J connectivity index is 2.38. The van der Waals surface area contributed by atoms with Crippen LogP contribution in [0.5, 0.6) is 0 Å². The van der Waals surface area contributed by atoms with E-state index in [0.29, 0.717) is 5.78 Å². The van der Waals surface area contributed by atoms with Gasteiger partial charge in [-0.15, -0.1) is 0 Å². The van der Waals surface area contributed by atoms with Crippen LogP contribution >= 0.6 is 0 Å². The Bertz CT molecular complexity index is 842. The molecule has 0 aliphatic rings. The van der Waals surface area contributed by atoms with E-state index in [9.17, 15) is 0 Å². The van der Waals surface area contributed by atoms with Gasteiger partial charge in [0, 0.05) is 17.8 Å². The zero-order valence-electron chi connectivity index (χ0n) is 8.91. The molecule has 80 valence electrons. The van der Waals surface area contributed by atoms with Crippen molar-refractivity contribution < 1.29 is 0 Å². The largest absolute Gasteiger partial charge is 0.283 e. The fourth-order valence-electron chi connectivity index (χ4n) is 2.18. The SMILES string of the molecule is c1ccc2c(c1)ncc1nc3ncccn3c12. The van der Waals surface area contributed by atoms with Crippen LogP contribution in [0.2, 0.25) is 0 Å². The summed E-state index contributed by atoms with van der Waals surface area (Å²) in [4.78, 5) is 13.1. The number of para-hydroxylation sites is 1. The molecule has 3 heterocycles. The highest BCUT2D eigenvalue weighted by atomic mass is 15.1. The van der Waals surface area contributed by atoms with E-state index >= 15 is 0 Å². The van der Waals surface area contributed by atoms with Gasteiger partial charge in [-0.05, 0) is 12.1 Å². The zero-order valence-corrected chi connectivity index (χ0v) is 8.91. The number of imidazole rings is 1. The molecule has 0 N–H and O–H groups in total. The van der Waals surface area contributed by atoms with Gasteiger partial charge in [0.05, 0.1) is 17.2 Å². The number of aromatic nitrogens is 4. The van der Waals surface area contributed by atoms with Crippen LogP contribution in [-0.4, -0.2) is 19.4 Å². The second-order valence-electron chi connectivity index (χ2n) is 3.91. The van der Waals surface area contributed by atoms with Gasteiger partial charge >= 0.3 is 0 Å². The average molecular weight is 220 g/mol. The number of nitrogens with zero attached hydrogens (tertiary/aromatic N) is 4. The van der Waals surface area contributed by atoms with Gasteiger partial charge in [-0.3, -0.25) is 9.38 Å². The van der Waals surface area contributed by atoms with Crippen molar-refractivity contribution in [1.29, 1.82) is 0 Å². The molecule has 0 aliphatic heterocycles. The lowest BCUT2D eigenvalue weighted by Crippen LogP contribution is -1.87. The number of rotatable bonds is 0. The number of hydrogen-bond donors (Lipinski definition) is 0. The van der Waals surface area contributed by atoms with Crippen LogP contribution in [0.4, 0.5) is 0 Å². The lowest BCUT2D eigenvalue weighted by atomic mass is 10.2. The molecule has 0 aliphatic carbocycles. The van der Waals surface area contributed by atoms with Crippen molar-refractivity contribution >= 4 is 27.7 Å². The van der Waals surface area contributed by atoms with Crippen molar-refractivity contribution in [3.63, 3.8) is 0 Å². The van der Waals surface area contributed by atoms with E-state index in [2.05, 4.69) is 21.0 Å². The zero-order chi connectivity index (χ0) is 11.2. The summed E-state index contributed by atoms with van der Waals surface area (Å²) < 4.78 is 2.00. The summed E-state index contributed by atoms with van der Waals surface area (Å²) in [5, 5.41) is 1.10. The molecule has 0 atom stereocenters. The van der Waals surface area contributed by atoms with Crippen molar-refractivity contribution in [3.05, 3.63) is 48.9 Å². The molecule has 4 heteroatoms. The van der Waals surface area contributed by atoms with Crippen LogP contribution in [0.25, 0.3) is 27.7 Å². The maximum Gasteiger partial charge on any atom is 0.234 e. The third-order valence-corrected chi connectivity index (χ3v) is 2.92. The quantitative estimate of drug-likeness (QED) is 0.457. The molecule has 1 aromatic carbocycles. The van der Waals surface area contributed by atoms with E-state index in [0.717, 1.165) is 21.9 Å². The number of pyridine rings is 1. The van der Waals surface area contributed by atoms with Crippen LogP contribution in [0.3, 0.4) is 0 Å². The molecule has 0 amide bonds. The Morgan fingerprint density at radius 3 is 2.88 bits per heavy atom. The first-order valence-corrected chi connectivity index (χ1v) is 5.40. The molecule has 4 rings (SSSR count). The van der Waals surface area contributed by atoms with E-state index < -0.39 is 0 Å². The summed E-state index contributed by atoms with van der Waals surface area (Å²) in [5.74, 6) is 0.709. The summed E-state index contributed by atoms with van der Waals surface area (Å²) in [6, 6.07) is 9.97. The molecule has 0 fully saturated rings. The second-order valence-corrected chi connectivity index (χ2v) is 3.91. The van der Waals surface area contributed by atoms with Gasteiger partial charge in [0.2, 0.25) is 5.78 Å². The highest BCUT2D eigenvalue weighted by Crippen LogP contribution is 2.23. The summed E-state index contributed by atoms with van der Waals surface area (Å²) in [7, 11) is 0. The minimum atomic E-state index is 0.709. The fourth-order valence-corrected chi connectivity index (χ4v) is 2.18. The predicted molar refractivity (Wildman–Crippen MR) is 65.8 cm³/mol. The van der Waals surface area contributed by atoms with Crippen molar-refractivity contribution in [2.24, 2.45) is 0 Å². The van der Waals surface area contributed by atoms with Crippen LogP contribution in [0, 0.1) is 0 Å². The standard InChI is InChI=1S/C13H8N4/c1-2-5-10-9(4-1)12-11(8-15-10)16-13-14-6-3-7-17(12)13/h1-8H. The van der Waals surface area contributed by atoms with Crippen molar-refractivity contribution in [1.82, 2.24) is 19.4 Å². The molecule has 0 saturated carbocycles. The summed E-state index contributed by atoms with van der Waals surface area (Å²) in [5.41, 5.74) is 2.92. The normalized spacial score (nSPS) is 11.5. The maximum atomic E-state index is 4.45. The lowest BCUT2D eigenvalue weighted by molar-refractivity contribution is 1.14. The van der Waals surface area contributed by atoms with Gasteiger partial charge in [-0.25, -0.2) is 9.97 Å². The minimum Gasteiger partial charge on any atom is -0.283 e. The van der Waals surface area contributed by atoms with Gasteiger partial charge in [-0.2, -0.15) is 0 Å². The monoisotopic (exact) mass is 220 g/mol. The van der Waals surface area contributed by atoms with Gasteiger partial charge in [0.25, 0.3) is 0 Å². The van der Waals surface area contributed by atoms with Crippen LogP contribution < -0.4 is 0 Å². The van der Waals surface area contributed by atoms with Crippen molar-refractivity contribution in [2.75, 3.05) is 0 Å². The topological polar surface area (TPSA) is 43.1 Å². The third kappa shape index (κ3) is 1.09. The predicted octanol–water partition coefficient (Wildman–Crippen LogP) is 2.43. The molecule has 4 nitrogen and oxygen atoms in total. The van der Waals surface area contributed by atoms with E-state index in [1.165, 1.54) is 0 Å². The molecule has 0 radical (unpaired) electrons. The van der Waals surface area contributed by atoms with E-state index in [4.69, 9.17) is 0 Å². The smallest absolute Gasteiger partial charge is 0.234 e. The van der Waals surface area contributed by atoms with Crippen LogP contribution in [-0.2, 0) is 0 Å². The molecular weight excluding hydrogens is 212 g/mol. The molecule has 17 heavy (non-hydrogen) atoms. The Morgan fingerprint density at radius 1 is 0.941 bits per heavy atom. The lowest BCUT2D eigenvalue weighted by Gasteiger charge is -1.99. The molecule has 3 aromatic heterocycles.